The molecule has 0 atom stereocenters. The lowest BCUT2D eigenvalue weighted by Crippen LogP contribution is -2.08. The average Bonchev–Trinajstić information content (AvgIpc) is 2.18. The van der Waals surface area contributed by atoms with Crippen molar-refractivity contribution in [1.29, 1.82) is 5.41 Å². The number of nitrogens with two attached hydrogens (primary N) is 1. The van der Waals surface area contributed by atoms with Crippen LogP contribution in [0.5, 0.6) is 0 Å². The fourth-order valence-corrected chi connectivity index (χ4v) is 1.36. The summed E-state index contributed by atoms with van der Waals surface area (Å²) in [7, 11) is 0. The van der Waals surface area contributed by atoms with Crippen molar-refractivity contribution in [2.75, 3.05) is 0 Å². The van der Waals surface area contributed by atoms with Gasteiger partial charge in [-0.05, 0) is 11.8 Å². The van der Waals surface area contributed by atoms with Crippen molar-refractivity contribution in [3.63, 3.8) is 0 Å². The van der Waals surface area contributed by atoms with E-state index in [1.807, 2.05) is 0 Å². The summed E-state index contributed by atoms with van der Waals surface area (Å²) in [5.41, 5.74) is 4.77. The van der Waals surface area contributed by atoms with Crippen LogP contribution in [-0.4, -0.2) is 5.17 Å². The highest BCUT2D eigenvalue weighted by Gasteiger charge is 2.26. The number of nitrogens with one attached hydrogen (secondary N) is 1. The standard InChI is InChI=1S/C7H3F5N2S/c8-1-2(9)4(11)6(15-7(13)14)5(12)3(1)10/h(H3,13,14). The van der Waals surface area contributed by atoms with Crippen molar-refractivity contribution in [2.24, 2.45) is 5.73 Å². The van der Waals surface area contributed by atoms with E-state index in [0.29, 0.717) is 0 Å². The van der Waals surface area contributed by atoms with Gasteiger partial charge >= 0.3 is 0 Å². The smallest absolute Gasteiger partial charge is 0.200 e. The van der Waals surface area contributed by atoms with Gasteiger partial charge in [-0.2, -0.15) is 0 Å². The molecule has 0 amide bonds. The number of amidine groups is 1. The van der Waals surface area contributed by atoms with E-state index in [4.69, 9.17) is 11.1 Å². The lowest BCUT2D eigenvalue weighted by Gasteiger charge is -2.05. The van der Waals surface area contributed by atoms with Gasteiger partial charge in [-0.1, -0.05) is 0 Å². The fraction of sp³-hybridized carbons (Fsp3) is 0. The van der Waals surface area contributed by atoms with E-state index in [1.165, 1.54) is 0 Å². The highest BCUT2D eigenvalue weighted by Crippen LogP contribution is 2.30. The minimum absolute atomic E-state index is 0.0469. The summed E-state index contributed by atoms with van der Waals surface area (Å²) in [4.78, 5) is -1.18. The minimum atomic E-state index is -2.24. The molecule has 1 rings (SSSR count). The Morgan fingerprint density at radius 1 is 0.867 bits per heavy atom. The first-order valence-electron chi connectivity index (χ1n) is 3.39. The molecule has 82 valence electrons. The third-order valence-corrected chi connectivity index (χ3v) is 2.16. The molecule has 2 nitrogen and oxygen atoms in total. The van der Waals surface area contributed by atoms with Crippen LogP contribution in [0.25, 0.3) is 0 Å². The van der Waals surface area contributed by atoms with Gasteiger partial charge in [0.1, 0.15) is 0 Å². The van der Waals surface area contributed by atoms with E-state index >= 15 is 0 Å². The normalized spacial score (nSPS) is 10.5. The van der Waals surface area contributed by atoms with E-state index < -0.39 is 39.1 Å². The maximum atomic E-state index is 12.9. The molecule has 0 unspecified atom stereocenters. The second-order valence-corrected chi connectivity index (χ2v) is 3.42. The molecule has 0 aromatic heterocycles. The van der Waals surface area contributed by atoms with Crippen LogP contribution in [0.3, 0.4) is 0 Å². The summed E-state index contributed by atoms with van der Waals surface area (Å²) >= 11 is -0.0469. The predicted molar refractivity (Wildman–Crippen MR) is 44.0 cm³/mol. The minimum Gasteiger partial charge on any atom is -0.378 e. The Balaban J connectivity index is 3.45. The van der Waals surface area contributed by atoms with Crippen LogP contribution >= 0.6 is 11.8 Å². The molecule has 15 heavy (non-hydrogen) atoms. The van der Waals surface area contributed by atoms with Crippen LogP contribution in [0.2, 0.25) is 0 Å². The fourth-order valence-electron chi connectivity index (χ4n) is 0.784. The highest BCUT2D eigenvalue weighted by molar-refractivity contribution is 8.13. The molecule has 0 fully saturated rings. The molecule has 0 spiro atoms. The Labute approximate surface area is 84.8 Å². The van der Waals surface area contributed by atoms with E-state index in [9.17, 15) is 22.0 Å². The third-order valence-electron chi connectivity index (χ3n) is 1.38. The van der Waals surface area contributed by atoms with Gasteiger partial charge in [0.15, 0.2) is 28.4 Å². The van der Waals surface area contributed by atoms with Gasteiger partial charge in [-0.15, -0.1) is 0 Å². The van der Waals surface area contributed by atoms with Crippen molar-refractivity contribution in [2.45, 2.75) is 4.90 Å². The number of thioether (sulfide) groups is 1. The Bertz CT molecular complexity index is 405. The van der Waals surface area contributed by atoms with Gasteiger partial charge in [-0.3, -0.25) is 5.41 Å². The van der Waals surface area contributed by atoms with Gasteiger partial charge < -0.3 is 5.73 Å². The highest BCUT2D eigenvalue weighted by atomic mass is 32.2. The van der Waals surface area contributed by atoms with Crippen LogP contribution < -0.4 is 5.73 Å². The van der Waals surface area contributed by atoms with E-state index in [-0.39, 0.29) is 11.8 Å². The molecule has 0 saturated carbocycles. The summed E-state index contributed by atoms with van der Waals surface area (Å²) in [5, 5.41) is 5.91. The number of hydrogen-bond donors (Lipinski definition) is 2. The Morgan fingerprint density at radius 3 is 1.53 bits per heavy atom. The number of rotatable bonds is 1. The number of hydrogen-bond acceptors (Lipinski definition) is 2. The molecule has 1 aromatic rings. The summed E-state index contributed by atoms with van der Waals surface area (Å²) in [6, 6.07) is 0. The molecular formula is C7H3F5N2S. The summed E-state index contributed by atoms with van der Waals surface area (Å²) in [6.45, 7) is 0. The number of benzene rings is 1. The lowest BCUT2D eigenvalue weighted by molar-refractivity contribution is 0.361. The first kappa shape index (κ1) is 11.8. The number of halogens is 5. The zero-order chi connectivity index (χ0) is 11.7. The summed E-state index contributed by atoms with van der Waals surface area (Å²) in [5.74, 6) is -10.3. The van der Waals surface area contributed by atoms with Crippen LogP contribution in [0.4, 0.5) is 22.0 Å². The first-order valence-corrected chi connectivity index (χ1v) is 4.21. The quantitative estimate of drug-likeness (QED) is 0.198. The van der Waals surface area contributed by atoms with Crippen LogP contribution in [0, 0.1) is 34.5 Å². The Hall–Kier alpha value is -1.31. The largest absolute Gasteiger partial charge is 0.378 e. The van der Waals surface area contributed by atoms with Crippen LogP contribution in [-0.2, 0) is 0 Å². The van der Waals surface area contributed by atoms with E-state index in [1.54, 1.807) is 0 Å². The molecule has 0 aliphatic carbocycles. The van der Waals surface area contributed by atoms with Crippen molar-refractivity contribution < 1.29 is 22.0 Å². The second kappa shape index (κ2) is 4.05. The molecule has 8 heteroatoms. The topological polar surface area (TPSA) is 49.9 Å². The summed E-state index contributed by atoms with van der Waals surface area (Å²) < 4.78 is 63.4. The average molecular weight is 242 g/mol. The molecule has 3 N–H and O–H groups in total. The monoisotopic (exact) mass is 242 g/mol. The van der Waals surface area contributed by atoms with Gasteiger partial charge in [0, 0.05) is 0 Å². The SMILES string of the molecule is N=C(N)Sc1c(F)c(F)c(F)c(F)c1F. The van der Waals surface area contributed by atoms with Gasteiger partial charge in [-0.25, -0.2) is 22.0 Å². The molecule has 0 radical (unpaired) electrons. The molecule has 0 aliphatic heterocycles. The molecule has 0 heterocycles. The van der Waals surface area contributed by atoms with E-state index in [2.05, 4.69) is 0 Å². The van der Waals surface area contributed by atoms with Gasteiger partial charge in [0.2, 0.25) is 5.82 Å². The first-order chi connectivity index (χ1) is 6.86. The predicted octanol–water partition coefficient (Wildman–Crippen LogP) is 2.37. The van der Waals surface area contributed by atoms with Gasteiger partial charge in [0.25, 0.3) is 0 Å². The van der Waals surface area contributed by atoms with Crippen molar-refractivity contribution in [3.8, 4) is 0 Å². The van der Waals surface area contributed by atoms with E-state index in [0.717, 1.165) is 0 Å². The molecule has 0 aliphatic rings. The zero-order valence-corrected chi connectivity index (χ0v) is 7.69. The lowest BCUT2D eigenvalue weighted by atomic mass is 10.3. The second-order valence-electron chi connectivity index (χ2n) is 2.37. The Morgan fingerprint density at radius 2 is 1.20 bits per heavy atom. The zero-order valence-electron chi connectivity index (χ0n) is 6.88. The maximum absolute atomic E-state index is 12.9. The molecule has 0 bridgehead atoms. The van der Waals surface area contributed by atoms with Crippen molar-refractivity contribution >= 4 is 16.9 Å². The third kappa shape index (κ3) is 2.04. The molecule has 1 aromatic carbocycles. The molecule has 0 saturated heterocycles. The van der Waals surface area contributed by atoms with Crippen molar-refractivity contribution in [3.05, 3.63) is 29.1 Å². The van der Waals surface area contributed by atoms with Crippen LogP contribution in [0.1, 0.15) is 0 Å². The Kier molecular flexibility index (Phi) is 3.18. The van der Waals surface area contributed by atoms with Crippen LogP contribution in [0.15, 0.2) is 4.90 Å². The van der Waals surface area contributed by atoms with Gasteiger partial charge in [0.05, 0.1) is 4.90 Å². The van der Waals surface area contributed by atoms with Crippen molar-refractivity contribution in [1.82, 2.24) is 0 Å². The molecular weight excluding hydrogens is 239 g/mol. The summed E-state index contributed by atoms with van der Waals surface area (Å²) in [6.07, 6.45) is 0. The maximum Gasteiger partial charge on any atom is 0.200 e.